The Morgan fingerprint density at radius 1 is 1.50 bits per heavy atom. The third kappa shape index (κ3) is 3.37. The molecule has 0 atom stereocenters. The minimum atomic E-state index is 0.129. The summed E-state index contributed by atoms with van der Waals surface area (Å²) in [5.74, 6) is 0.129. The van der Waals surface area contributed by atoms with E-state index in [2.05, 4.69) is 17.0 Å². The highest BCUT2D eigenvalue weighted by Gasteiger charge is 2.12. The average molecular weight is 251 g/mol. The number of nitrogens with zero attached hydrogens (tertiary/aromatic N) is 2. The lowest BCUT2D eigenvalue weighted by Crippen LogP contribution is -2.29. The number of likely N-dealkylation sites (N-methyl/N-ethyl adjacent to an activating group) is 1. The van der Waals surface area contributed by atoms with E-state index in [1.165, 1.54) is 0 Å². The number of rotatable bonds is 6. The summed E-state index contributed by atoms with van der Waals surface area (Å²) in [6.07, 6.45) is 0. The summed E-state index contributed by atoms with van der Waals surface area (Å²) >= 11 is 0. The van der Waals surface area contributed by atoms with Gasteiger partial charge < -0.3 is 20.6 Å². The predicted molar refractivity (Wildman–Crippen MR) is 73.5 cm³/mol. The van der Waals surface area contributed by atoms with Crippen molar-refractivity contribution in [2.75, 3.05) is 31.7 Å². The zero-order valence-electron chi connectivity index (χ0n) is 11.2. The Balaban J connectivity index is 3.12. The zero-order chi connectivity index (χ0) is 13.5. The van der Waals surface area contributed by atoms with Gasteiger partial charge in [-0.2, -0.15) is 0 Å². The fraction of sp³-hybridized carbons (Fsp3) is 0.462. The summed E-state index contributed by atoms with van der Waals surface area (Å²) in [6.45, 7) is 6.27. The van der Waals surface area contributed by atoms with Gasteiger partial charge in [-0.25, -0.2) is 0 Å². The van der Waals surface area contributed by atoms with E-state index in [4.69, 9.17) is 15.7 Å². The minimum absolute atomic E-state index is 0.129. The maximum Gasteiger partial charge on any atom is 0.172 e. The Kier molecular flexibility index (Phi) is 5.45. The molecule has 0 radical (unpaired) electrons. The van der Waals surface area contributed by atoms with Crippen LogP contribution in [0.25, 0.3) is 0 Å². The van der Waals surface area contributed by atoms with Crippen LogP contribution in [-0.2, 0) is 4.74 Å². The summed E-state index contributed by atoms with van der Waals surface area (Å²) in [5, 5.41) is 11.9. The van der Waals surface area contributed by atoms with Gasteiger partial charge in [-0.3, -0.25) is 0 Å². The number of anilines is 1. The quantitative estimate of drug-likeness (QED) is 0.348. The third-order valence-electron chi connectivity index (χ3n) is 2.82. The lowest BCUT2D eigenvalue weighted by atomic mass is 10.1. The molecule has 1 rings (SSSR count). The molecule has 0 heterocycles. The molecule has 5 heteroatoms. The maximum absolute atomic E-state index is 8.85. The Labute approximate surface area is 108 Å². The molecule has 0 aliphatic carbocycles. The molecule has 0 fully saturated rings. The number of aryl methyl sites for hydroxylation is 1. The molecule has 1 aromatic rings. The van der Waals surface area contributed by atoms with Gasteiger partial charge in [0.15, 0.2) is 5.84 Å². The van der Waals surface area contributed by atoms with Gasteiger partial charge in [-0.15, -0.1) is 0 Å². The van der Waals surface area contributed by atoms with E-state index in [1.807, 2.05) is 25.1 Å². The summed E-state index contributed by atoms with van der Waals surface area (Å²) < 4.78 is 5.09. The van der Waals surface area contributed by atoms with Crippen LogP contribution in [0.15, 0.2) is 23.4 Å². The number of nitrogens with two attached hydrogens (primary N) is 1. The predicted octanol–water partition coefficient (Wildman–Crippen LogP) is 1.56. The molecule has 1 aromatic carbocycles. The van der Waals surface area contributed by atoms with Crippen LogP contribution in [0.2, 0.25) is 0 Å². The van der Waals surface area contributed by atoms with Crippen molar-refractivity contribution in [3.05, 3.63) is 29.3 Å². The monoisotopic (exact) mass is 251 g/mol. The summed E-state index contributed by atoms with van der Waals surface area (Å²) in [4.78, 5) is 2.14. The third-order valence-corrected chi connectivity index (χ3v) is 2.82. The van der Waals surface area contributed by atoms with Crippen LogP contribution in [0, 0.1) is 6.92 Å². The number of amidine groups is 1. The molecule has 0 aliphatic rings. The Hall–Kier alpha value is -1.75. The highest BCUT2D eigenvalue weighted by atomic mass is 16.5. The molecule has 18 heavy (non-hydrogen) atoms. The Bertz CT molecular complexity index is 419. The van der Waals surface area contributed by atoms with Crippen LogP contribution in [-0.4, -0.2) is 37.8 Å². The second-order valence-electron chi connectivity index (χ2n) is 4.08. The largest absolute Gasteiger partial charge is 0.409 e. The molecule has 3 N–H and O–H groups in total. The van der Waals surface area contributed by atoms with E-state index in [1.54, 1.807) is 7.11 Å². The Morgan fingerprint density at radius 2 is 2.22 bits per heavy atom. The molecular formula is C13H21N3O2. The minimum Gasteiger partial charge on any atom is -0.409 e. The van der Waals surface area contributed by atoms with Crippen molar-refractivity contribution in [1.82, 2.24) is 0 Å². The van der Waals surface area contributed by atoms with Crippen LogP contribution < -0.4 is 10.6 Å². The fourth-order valence-corrected chi connectivity index (χ4v) is 1.84. The van der Waals surface area contributed by atoms with Crippen molar-refractivity contribution in [2.24, 2.45) is 10.9 Å². The van der Waals surface area contributed by atoms with Gasteiger partial charge in [0, 0.05) is 31.5 Å². The van der Waals surface area contributed by atoms with Crippen molar-refractivity contribution in [2.45, 2.75) is 13.8 Å². The molecule has 0 bridgehead atoms. The number of ether oxygens (including phenoxy) is 1. The molecule has 0 unspecified atom stereocenters. The van der Waals surface area contributed by atoms with Gasteiger partial charge in [0.1, 0.15) is 0 Å². The van der Waals surface area contributed by atoms with Crippen molar-refractivity contribution >= 4 is 11.5 Å². The van der Waals surface area contributed by atoms with Crippen LogP contribution >= 0.6 is 0 Å². The van der Waals surface area contributed by atoms with Crippen molar-refractivity contribution in [3.8, 4) is 0 Å². The molecule has 0 aromatic heterocycles. The van der Waals surface area contributed by atoms with E-state index in [9.17, 15) is 0 Å². The average Bonchev–Trinajstić information content (AvgIpc) is 2.39. The molecule has 0 amide bonds. The number of oxime groups is 1. The zero-order valence-corrected chi connectivity index (χ0v) is 11.2. The first-order valence-corrected chi connectivity index (χ1v) is 5.96. The van der Waals surface area contributed by atoms with Gasteiger partial charge in [-0.05, 0) is 26.0 Å². The van der Waals surface area contributed by atoms with Crippen LogP contribution in [0.1, 0.15) is 18.1 Å². The normalized spacial score (nSPS) is 11.6. The maximum atomic E-state index is 8.85. The first kappa shape index (κ1) is 14.3. The van der Waals surface area contributed by atoms with Gasteiger partial charge in [-0.1, -0.05) is 16.8 Å². The molecule has 0 spiro atoms. The number of hydrogen-bond acceptors (Lipinski definition) is 4. The van der Waals surface area contributed by atoms with Gasteiger partial charge in [0.2, 0.25) is 0 Å². The van der Waals surface area contributed by atoms with Gasteiger partial charge >= 0.3 is 0 Å². The highest BCUT2D eigenvalue weighted by molar-refractivity contribution is 6.02. The van der Waals surface area contributed by atoms with E-state index in [-0.39, 0.29) is 5.84 Å². The Morgan fingerprint density at radius 3 is 2.78 bits per heavy atom. The second-order valence-corrected chi connectivity index (χ2v) is 4.08. The van der Waals surface area contributed by atoms with Crippen LogP contribution in [0.4, 0.5) is 5.69 Å². The molecule has 0 saturated carbocycles. The lowest BCUT2D eigenvalue weighted by Gasteiger charge is -2.25. The summed E-state index contributed by atoms with van der Waals surface area (Å²) in [7, 11) is 1.67. The molecule has 0 saturated heterocycles. The fourth-order valence-electron chi connectivity index (χ4n) is 1.84. The van der Waals surface area contributed by atoms with E-state index >= 15 is 0 Å². The highest BCUT2D eigenvalue weighted by Crippen LogP contribution is 2.21. The first-order chi connectivity index (χ1) is 8.63. The molecule has 5 nitrogen and oxygen atoms in total. The van der Waals surface area contributed by atoms with Gasteiger partial charge in [0.05, 0.1) is 6.61 Å². The molecule has 100 valence electrons. The summed E-state index contributed by atoms with van der Waals surface area (Å²) in [5.41, 5.74) is 8.50. The molecular weight excluding hydrogens is 230 g/mol. The first-order valence-electron chi connectivity index (χ1n) is 5.96. The number of methoxy groups -OCH3 is 1. The topological polar surface area (TPSA) is 71.1 Å². The lowest BCUT2D eigenvalue weighted by molar-refractivity contribution is 0.205. The van der Waals surface area contributed by atoms with Crippen LogP contribution in [0.3, 0.4) is 0 Å². The van der Waals surface area contributed by atoms with Crippen molar-refractivity contribution < 1.29 is 9.94 Å². The number of hydrogen-bond donors (Lipinski definition) is 2. The smallest absolute Gasteiger partial charge is 0.172 e. The van der Waals surface area contributed by atoms with E-state index < -0.39 is 0 Å². The number of benzene rings is 1. The van der Waals surface area contributed by atoms with Gasteiger partial charge in [0.25, 0.3) is 0 Å². The van der Waals surface area contributed by atoms with Crippen molar-refractivity contribution in [1.29, 1.82) is 0 Å². The van der Waals surface area contributed by atoms with Crippen LogP contribution in [0.5, 0.6) is 0 Å². The second kappa shape index (κ2) is 6.86. The van der Waals surface area contributed by atoms with E-state index in [0.29, 0.717) is 6.61 Å². The summed E-state index contributed by atoms with van der Waals surface area (Å²) in [6, 6.07) is 5.92. The standard InChI is InChI=1S/C13H21N3O2/c1-4-16(7-8-18-3)12-6-5-10(2)9-11(12)13(14)15-17/h5-6,9,17H,4,7-8H2,1-3H3,(H2,14,15). The van der Waals surface area contributed by atoms with E-state index in [0.717, 1.165) is 29.9 Å². The SMILES string of the molecule is CCN(CCOC)c1ccc(C)cc1/C(N)=N/O. The molecule has 0 aliphatic heterocycles. The van der Waals surface area contributed by atoms with Crippen molar-refractivity contribution in [3.63, 3.8) is 0 Å².